The number of methoxy groups -OCH3 is 1. The average molecular weight is 367 g/mol. The van der Waals surface area contributed by atoms with Crippen LogP contribution < -0.4 is 10.0 Å². The van der Waals surface area contributed by atoms with Crippen molar-refractivity contribution in [2.75, 3.05) is 33.4 Å². The van der Waals surface area contributed by atoms with Crippen LogP contribution in [0.5, 0.6) is 0 Å². The Labute approximate surface area is 143 Å². The van der Waals surface area contributed by atoms with Crippen LogP contribution in [0.2, 0.25) is 0 Å². The van der Waals surface area contributed by atoms with Gasteiger partial charge in [0.25, 0.3) is 0 Å². The average Bonchev–Trinajstić information content (AvgIpc) is 2.49. The predicted octanol–water partition coefficient (Wildman–Crippen LogP) is 1.85. The zero-order chi connectivity index (χ0) is 16.2. The van der Waals surface area contributed by atoms with Crippen molar-refractivity contribution < 1.29 is 17.5 Å². The normalized spacial score (nSPS) is 17.5. The Morgan fingerprint density at radius 2 is 2.00 bits per heavy atom. The van der Waals surface area contributed by atoms with Crippen LogP contribution in [0.3, 0.4) is 0 Å². The van der Waals surface area contributed by atoms with Gasteiger partial charge in [0, 0.05) is 19.1 Å². The fourth-order valence-corrected chi connectivity index (χ4v) is 3.99. The van der Waals surface area contributed by atoms with Crippen molar-refractivity contribution in [2.45, 2.75) is 24.7 Å². The van der Waals surface area contributed by atoms with Crippen LogP contribution in [-0.4, -0.2) is 41.8 Å². The molecule has 1 aliphatic rings. The van der Waals surface area contributed by atoms with Crippen molar-refractivity contribution in [1.29, 1.82) is 0 Å². The first-order valence-corrected chi connectivity index (χ1v) is 8.82. The Morgan fingerprint density at radius 1 is 1.35 bits per heavy atom. The van der Waals surface area contributed by atoms with Gasteiger partial charge in [0.1, 0.15) is 5.82 Å². The molecule has 0 bridgehead atoms. The Kier molecular flexibility index (Phi) is 7.41. The summed E-state index contributed by atoms with van der Waals surface area (Å²) in [5, 5.41) is 3.27. The summed E-state index contributed by atoms with van der Waals surface area (Å²) in [6, 6.07) is 3.82. The fourth-order valence-electron chi connectivity index (χ4n) is 2.75. The van der Waals surface area contributed by atoms with E-state index < -0.39 is 15.8 Å². The number of benzene rings is 1. The van der Waals surface area contributed by atoms with Crippen molar-refractivity contribution in [3.05, 3.63) is 29.6 Å². The van der Waals surface area contributed by atoms with E-state index in [1.54, 1.807) is 14.0 Å². The van der Waals surface area contributed by atoms with Crippen LogP contribution in [0.1, 0.15) is 18.4 Å². The molecule has 132 valence electrons. The second-order valence-corrected chi connectivity index (χ2v) is 7.69. The molecule has 1 aromatic carbocycles. The van der Waals surface area contributed by atoms with Gasteiger partial charge >= 0.3 is 0 Å². The Hall–Kier alpha value is -0.730. The highest BCUT2D eigenvalue weighted by atomic mass is 35.5. The van der Waals surface area contributed by atoms with Gasteiger partial charge in [-0.3, -0.25) is 0 Å². The van der Waals surface area contributed by atoms with Gasteiger partial charge in [-0.15, -0.1) is 12.4 Å². The number of rotatable bonds is 6. The SMILES string of the molecule is COCC1(CNS(=O)(=O)c2ccc(F)c(C)c2)CCNCC1.Cl. The molecule has 0 saturated carbocycles. The molecular formula is C15H24ClFN2O3S. The van der Waals surface area contributed by atoms with E-state index >= 15 is 0 Å². The number of piperidine rings is 1. The van der Waals surface area contributed by atoms with Gasteiger partial charge in [-0.1, -0.05) is 0 Å². The minimum atomic E-state index is -3.65. The van der Waals surface area contributed by atoms with Crippen LogP contribution >= 0.6 is 12.4 Å². The molecule has 2 rings (SSSR count). The number of nitrogens with one attached hydrogen (secondary N) is 2. The topological polar surface area (TPSA) is 67.4 Å². The van der Waals surface area contributed by atoms with Crippen molar-refractivity contribution >= 4 is 22.4 Å². The number of halogens is 2. The van der Waals surface area contributed by atoms with Gasteiger partial charge in [0.05, 0.1) is 11.5 Å². The molecular weight excluding hydrogens is 343 g/mol. The van der Waals surface area contributed by atoms with E-state index in [-0.39, 0.29) is 22.7 Å². The van der Waals surface area contributed by atoms with Crippen molar-refractivity contribution in [3.8, 4) is 0 Å². The number of aryl methyl sites for hydroxylation is 1. The highest BCUT2D eigenvalue weighted by Gasteiger charge is 2.33. The van der Waals surface area contributed by atoms with Gasteiger partial charge in [-0.25, -0.2) is 17.5 Å². The van der Waals surface area contributed by atoms with E-state index in [1.807, 2.05) is 0 Å². The molecule has 1 aliphatic heterocycles. The monoisotopic (exact) mass is 366 g/mol. The molecule has 0 unspecified atom stereocenters. The van der Waals surface area contributed by atoms with E-state index in [4.69, 9.17) is 4.74 Å². The Morgan fingerprint density at radius 3 is 2.57 bits per heavy atom. The molecule has 1 fully saturated rings. The molecule has 0 aromatic heterocycles. The van der Waals surface area contributed by atoms with Gasteiger partial charge < -0.3 is 10.1 Å². The van der Waals surface area contributed by atoms with E-state index in [0.29, 0.717) is 18.7 Å². The first-order valence-electron chi connectivity index (χ1n) is 7.34. The molecule has 0 amide bonds. The summed E-state index contributed by atoms with van der Waals surface area (Å²) in [5.74, 6) is -0.409. The molecule has 1 aromatic rings. The minimum absolute atomic E-state index is 0. The first-order chi connectivity index (χ1) is 10.4. The van der Waals surface area contributed by atoms with E-state index in [9.17, 15) is 12.8 Å². The number of hydrogen-bond acceptors (Lipinski definition) is 4. The molecule has 1 saturated heterocycles. The third-order valence-corrected chi connectivity index (χ3v) is 5.59. The fraction of sp³-hybridized carbons (Fsp3) is 0.600. The van der Waals surface area contributed by atoms with Crippen LogP contribution in [0.25, 0.3) is 0 Å². The van der Waals surface area contributed by atoms with Crippen molar-refractivity contribution in [2.24, 2.45) is 5.41 Å². The second-order valence-electron chi connectivity index (χ2n) is 5.92. The molecule has 2 N–H and O–H groups in total. The third-order valence-electron chi connectivity index (χ3n) is 4.19. The third kappa shape index (κ3) is 5.12. The molecule has 0 spiro atoms. The summed E-state index contributed by atoms with van der Waals surface area (Å²) in [4.78, 5) is 0.0906. The zero-order valence-electron chi connectivity index (χ0n) is 13.4. The zero-order valence-corrected chi connectivity index (χ0v) is 15.0. The lowest BCUT2D eigenvalue weighted by Crippen LogP contribution is -2.47. The van der Waals surface area contributed by atoms with E-state index in [2.05, 4.69) is 10.0 Å². The first kappa shape index (κ1) is 20.3. The highest BCUT2D eigenvalue weighted by molar-refractivity contribution is 7.89. The largest absolute Gasteiger partial charge is 0.384 e. The van der Waals surface area contributed by atoms with Crippen LogP contribution in [-0.2, 0) is 14.8 Å². The van der Waals surface area contributed by atoms with Crippen molar-refractivity contribution in [3.63, 3.8) is 0 Å². The number of hydrogen-bond donors (Lipinski definition) is 2. The van der Waals surface area contributed by atoms with Crippen LogP contribution in [0.4, 0.5) is 4.39 Å². The lowest BCUT2D eigenvalue weighted by Gasteiger charge is -2.37. The molecule has 0 aliphatic carbocycles. The number of sulfonamides is 1. The lowest BCUT2D eigenvalue weighted by molar-refractivity contribution is 0.0577. The van der Waals surface area contributed by atoms with Gasteiger partial charge in [0.15, 0.2) is 0 Å². The van der Waals surface area contributed by atoms with E-state index in [0.717, 1.165) is 25.9 Å². The summed E-state index contributed by atoms with van der Waals surface area (Å²) < 4.78 is 46.0. The molecule has 23 heavy (non-hydrogen) atoms. The summed E-state index contributed by atoms with van der Waals surface area (Å²) in [5.41, 5.74) is 0.124. The summed E-state index contributed by atoms with van der Waals surface area (Å²) in [6.45, 7) is 4.08. The van der Waals surface area contributed by atoms with Gasteiger partial charge in [0.2, 0.25) is 10.0 Å². The summed E-state index contributed by atoms with van der Waals surface area (Å²) in [6.07, 6.45) is 1.71. The van der Waals surface area contributed by atoms with Crippen LogP contribution in [0, 0.1) is 18.2 Å². The predicted molar refractivity (Wildman–Crippen MR) is 90.0 cm³/mol. The summed E-state index contributed by atoms with van der Waals surface area (Å²) >= 11 is 0. The lowest BCUT2D eigenvalue weighted by atomic mass is 9.80. The molecule has 8 heteroatoms. The summed E-state index contributed by atoms with van der Waals surface area (Å²) in [7, 11) is -2.02. The van der Waals surface area contributed by atoms with Gasteiger partial charge in [-0.05, 0) is 56.6 Å². The quantitative estimate of drug-likeness (QED) is 0.806. The Balaban J connectivity index is 0.00000264. The number of ether oxygens (including phenoxy) is 1. The molecule has 5 nitrogen and oxygen atoms in total. The van der Waals surface area contributed by atoms with Crippen molar-refractivity contribution in [1.82, 2.24) is 10.0 Å². The van der Waals surface area contributed by atoms with Gasteiger partial charge in [-0.2, -0.15) is 0 Å². The smallest absolute Gasteiger partial charge is 0.240 e. The maximum atomic E-state index is 13.3. The molecule has 1 heterocycles. The Bertz CT molecular complexity index is 614. The van der Waals surface area contributed by atoms with E-state index in [1.165, 1.54) is 18.2 Å². The maximum Gasteiger partial charge on any atom is 0.240 e. The minimum Gasteiger partial charge on any atom is -0.384 e. The standard InChI is InChI=1S/C15H23FN2O3S.ClH/c1-12-9-13(3-4-14(12)16)22(19,20)18-10-15(11-21-2)5-7-17-8-6-15;/h3-4,9,17-18H,5-8,10-11H2,1-2H3;1H. The van der Waals surface area contributed by atoms with Crippen LogP contribution in [0.15, 0.2) is 23.1 Å². The second kappa shape index (κ2) is 8.39. The molecule has 0 radical (unpaired) electrons. The maximum absolute atomic E-state index is 13.3. The molecule has 0 atom stereocenters. The highest BCUT2D eigenvalue weighted by Crippen LogP contribution is 2.29.